The van der Waals surface area contributed by atoms with E-state index in [2.05, 4.69) is 0 Å². The quantitative estimate of drug-likeness (QED) is 0.134. The minimum atomic E-state index is -1.15. The lowest BCUT2D eigenvalue weighted by atomic mass is 9.82. The van der Waals surface area contributed by atoms with E-state index in [1.165, 1.54) is 0 Å². The number of benzene rings is 10. The highest BCUT2D eigenvalue weighted by atomic mass is 16.3. The van der Waals surface area contributed by atoms with Crippen molar-refractivity contribution in [1.82, 2.24) is 0 Å². The summed E-state index contributed by atoms with van der Waals surface area (Å²) in [6.07, 6.45) is 0. The van der Waals surface area contributed by atoms with Crippen LogP contribution in [-0.4, -0.2) is 0 Å². The molecule has 0 spiro atoms. The molecule has 0 amide bonds. The van der Waals surface area contributed by atoms with Crippen molar-refractivity contribution in [2.45, 2.75) is 0 Å². The smallest absolute Gasteiger partial charge is 0.143 e. The number of furan rings is 1. The maximum absolute atomic E-state index is 9.98. The summed E-state index contributed by atoms with van der Waals surface area (Å²) >= 11 is 0. The largest absolute Gasteiger partial charge is 0.455 e. The Labute approximate surface area is 336 Å². The molecule has 11 aromatic rings. The second-order valence-corrected chi connectivity index (χ2v) is 11.3. The molecule has 10 aromatic carbocycles. The van der Waals surface area contributed by atoms with E-state index in [4.69, 9.17) is 30.5 Å². The predicted octanol–water partition coefficient (Wildman–Crippen LogP) is 14.4. The standard InChI is InChI=1S/C50H30O/c1-2-13-31(14-3-1)35-29-30-42(41-27-25-32-15-4-6-17-34(32)46(35)41)47-37-19-8-10-21-39(37)48(40-22-11-9-20-38(40)47)43-23-12-24-45-49(43)44-28-26-33-16-5-7-18-36(33)50(44)51-45/h1-30H/i1D,2D,3D,4D,5D,6D,7D,8D,9D,10D,11D,12D,13D,14D,15D,16D,17D,18D,19D,20D,21D,22D,23D,24D,25D,26D,27D,28D,29D,30D. The number of hydrogen-bond acceptors (Lipinski definition) is 1. The van der Waals surface area contributed by atoms with Gasteiger partial charge in [0, 0.05) is 16.2 Å². The Morgan fingerprint density at radius 3 is 1.53 bits per heavy atom. The van der Waals surface area contributed by atoms with Crippen LogP contribution in [0, 0.1) is 0 Å². The highest BCUT2D eigenvalue weighted by Gasteiger charge is 2.22. The first-order valence-corrected chi connectivity index (χ1v) is 15.2. The fraction of sp³-hybridized carbons (Fsp3) is 0. The third-order valence-electron chi connectivity index (χ3n) is 8.69. The number of fused-ring (bicyclic) bond motifs is 10. The maximum atomic E-state index is 9.98. The van der Waals surface area contributed by atoms with Gasteiger partial charge in [-0.25, -0.2) is 0 Å². The van der Waals surface area contributed by atoms with Crippen LogP contribution in [0.2, 0.25) is 0 Å². The van der Waals surface area contributed by atoms with E-state index < -0.39 is 290 Å². The van der Waals surface area contributed by atoms with Crippen LogP contribution in [0.4, 0.5) is 0 Å². The Hall–Kier alpha value is -6.70. The van der Waals surface area contributed by atoms with Crippen molar-refractivity contribution < 1.29 is 45.5 Å². The van der Waals surface area contributed by atoms with Gasteiger partial charge in [0.2, 0.25) is 0 Å². The molecule has 1 aromatic heterocycles. The fourth-order valence-electron chi connectivity index (χ4n) is 6.62. The van der Waals surface area contributed by atoms with Gasteiger partial charge in [-0.1, -0.05) is 169 Å². The Kier molecular flexibility index (Phi) is 2.50. The second kappa shape index (κ2) is 10.9. The zero-order chi connectivity index (χ0) is 59.6. The predicted molar refractivity (Wildman–Crippen MR) is 218 cm³/mol. The number of hydrogen-bond donors (Lipinski definition) is 0. The zero-order valence-corrected chi connectivity index (χ0v) is 25.4. The molecule has 0 atom stereocenters. The van der Waals surface area contributed by atoms with Gasteiger partial charge in [0.05, 0.1) is 41.1 Å². The molecule has 0 saturated carbocycles. The molecule has 236 valence electrons. The SMILES string of the molecule is [2H]c1c([2H])c([2H])c(-c2c([2H])c([2H])c(-c3c4c([2H])c([2H])c([2H])c([2H])c4c(-c4c([2H])c([2H])c([2H])c5oc6c7c([2H])c([2H])c([2H])c([2H])c7c([2H])c([2H])c6c45)c4c([2H])c([2H])c([2H])c([2H])c34)c3c([2H])c([2H])c4c([2H])c([2H])c([2H])c([2H])c4c23)c([2H])c1[2H]. The molecule has 0 unspecified atom stereocenters. The molecule has 0 saturated heterocycles. The monoisotopic (exact) mass is 676 g/mol. The van der Waals surface area contributed by atoms with Gasteiger partial charge >= 0.3 is 0 Å². The van der Waals surface area contributed by atoms with E-state index in [0.717, 1.165) is 0 Å². The summed E-state index contributed by atoms with van der Waals surface area (Å²) in [5.74, 6) is 0. The van der Waals surface area contributed by atoms with Gasteiger partial charge in [-0.3, -0.25) is 0 Å². The van der Waals surface area contributed by atoms with Crippen LogP contribution in [0.3, 0.4) is 0 Å². The van der Waals surface area contributed by atoms with Gasteiger partial charge in [0.25, 0.3) is 0 Å². The molecule has 0 bridgehead atoms. The molecule has 1 heterocycles. The third-order valence-corrected chi connectivity index (χ3v) is 8.69. The van der Waals surface area contributed by atoms with E-state index in [9.17, 15) is 15.1 Å². The average Bonchev–Trinajstić information content (AvgIpc) is 3.84. The van der Waals surface area contributed by atoms with Crippen molar-refractivity contribution in [3.05, 3.63) is 181 Å². The Morgan fingerprint density at radius 1 is 0.314 bits per heavy atom. The van der Waals surface area contributed by atoms with Crippen LogP contribution in [-0.2, 0) is 0 Å². The Balaban J connectivity index is 1.52. The molecule has 0 aliphatic carbocycles. The summed E-state index contributed by atoms with van der Waals surface area (Å²) in [7, 11) is 0. The van der Waals surface area contributed by atoms with Crippen LogP contribution in [0.5, 0.6) is 0 Å². The topological polar surface area (TPSA) is 13.1 Å². The zero-order valence-electron chi connectivity index (χ0n) is 55.4. The van der Waals surface area contributed by atoms with Gasteiger partial charge < -0.3 is 4.42 Å². The van der Waals surface area contributed by atoms with Gasteiger partial charge in [0.1, 0.15) is 11.2 Å². The van der Waals surface area contributed by atoms with E-state index in [0.29, 0.717) is 0 Å². The summed E-state index contributed by atoms with van der Waals surface area (Å²) in [6, 6.07) is -29.2. The third kappa shape index (κ3) is 4.09. The molecule has 0 aliphatic rings. The van der Waals surface area contributed by atoms with Crippen LogP contribution < -0.4 is 0 Å². The summed E-state index contributed by atoms with van der Waals surface area (Å²) < 4.78 is 280. The van der Waals surface area contributed by atoms with Crippen LogP contribution in [0.15, 0.2) is 186 Å². The van der Waals surface area contributed by atoms with E-state index in [1.54, 1.807) is 0 Å². The summed E-state index contributed by atoms with van der Waals surface area (Å²) in [4.78, 5) is 0. The van der Waals surface area contributed by atoms with Crippen molar-refractivity contribution in [2.75, 3.05) is 0 Å². The van der Waals surface area contributed by atoms with E-state index >= 15 is 0 Å². The van der Waals surface area contributed by atoms with Gasteiger partial charge in [-0.2, -0.15) is 0 Å². The van der Waals surface area contributed by atoms with Gasteiger partial charge in [0.15, 0.2) is 0 Å². The molecular formula is C50H30O. The Bertz CT molecular complexity index is 4820. The first kappa shape index (κ1) is 11.7. The average molecular weight is 677 g/mol. The lowest BCUT2D eigenvalue weighted by Crippen LogP contribution is -1.93. The van der Waals surface area contributed by atoms with E-state index in [1.807, 2.05) is 0 Å². The molecule has 0 fully saturated rings. The van der Waals surface area contributed by atoms with Crippen molar-refractivity contribution in [3.63, 3.8) is 0 Å². The molecule has 11 rings (SSSR count). The number of rotatable bonds is 3. The summed E-state index contributed by atoms with van der Waals surface area (Å²) in [5, 5.41) is -8.32. The second-order valence-electron chi connectivity index (χ2n) is 11.3. The first-order chi connectivity index (χ1) is 37.8. The van der Waals surface area contributed by atoms with Crippen LogP contribution >= 0.6 is 0 Å². The molecule has 51 heavy (non-hydrogen) atoms. The fourth-order valence-corrected chi connectivity index (χ4v) is 6.62. The molecule has 0 radical (unpaired) electrons. The molecular weight excluding hydrogens is 617 g/mol. The van der Waals surface area contributed by atoms with Crippen LogP contribution in [0.25, 0.3) is 109 Å². The highest BCUT2D eigenvalue weighted by Crippen LogP contribution is 2.49. The van der Waals surface area contributed by atoms with Crippen molar-refractivity contribution in [3.8, 4) is 33.4 Å². The van der Waals surface area contributed by atoms with Gasteiger partial charge in [-0.15, -0.1) is 0 Å². The lowest BCUT2D eigenvalue weighted by Gasteiger charge is -2.20. The Morgan fingerprint density at radius 2 is 0.843 bits per heavy atom. The van der Waals surface area contributed by atoms with E-state index in [-0.39, 0.29) is 0 Å². The molecule has 0 aliphatic heterocycles. The van der Waals surface area contributed by atoms with Crippen molar-refractivity contribution in [2.24, 2.45) is 0 Å². The minimum Gasteiger partial charge on any atom is -0.455 e. The van der Waals surface area contributed by atoms with Crippen molar-refractivity contribution >= 4 is 75.8 Å². The van der Waals surface area contributed by atoms with Crippen molar-refractivity contribution in [1.29, 1.82) is 0 Å². The molecule has 0 N–H and O–H groups in total. The molecule has 1 heteroatoms. The van der Waals surface area contributed by atoms with Gasteiger partial charge in [-0.05, 0) is 93.9 Å². The minimum absolute atomic E-state index is 0.490. The summed E-state index contributed by atoms with van der Waals surface area (Å²) in [5.41, 5.74) is -6.10. The molecule has 1 nitrogen and oxygen atoms in total. The lowest BCUT2D eigenvalue weighted by molar-refractivity contribution is 0.673. The maximum Gasteiger partial charge on any atom is 0.143 e. The highest BCUT2D eigenvalue weighted by molar-refractivity contribution is 6.29. The summed E-state index contributed by atoms with van der Waals surface area (Å²) in [6.45, 7) is 0. The first-order valence-electron chi connectivity index (χ1n) is 30.2. The van der Waals surface area contributed by atoms with Crippen LogP contribution in [0.1, 0.15) is 41.1 Å². The normalized spacial score (nSPS) is 20.2.